The molecule has 110 valence electrons. The minimum atomic E-state index is -0.250. The van der Waals surface area contributed by atoms with E-state index < -0.39 is 0 Å². The zero-order chi connectivity index (χ0) is 14.9. The van der Waals surface area contributed by atoms with Crippen molar-refractivity contribution in [3.8, 4) is 0 Å². The van der Waals surface area contributed by atoms with Crippen molar-refractivity contribution in [2.75, 3.05) is 5.43 Å². The van der Waals surface area contributed by atoms with Gasteiger partial charge in [-0.1, -0.05) is 23.5 Å². The average Bonchev–Trinajstić information content (AvgIpc) is 2.97. The lowest BCUT2D eigenvalue weighted by atomic mass is 9.95. The number of benzene rings is 1. The number of thiazole rings is 1. The molecule has 0 fully saturated rings. The normalized spacial score (nSPS) is 16.0. The molecule has 1 aliphatic carbocycles. The summed E-state index contributed by atoms with van der Waals surface area (Å²) in [4.78, 5) is 8.78. The summed E-state index contributed by atoms with van der Waals surface area (Å²) in [6, 6.07) is 8.94. The SMILES string of the molecule is Fc1cccc2nc(N/N=C3\CCCc4cccnc43)sc12. The van der Waals surface area contributed by atoms with Crippen molar-refractivity contribution in [2.45, 2.75) is 19.3 Å². The summed E-state index contributed by atoms with van der Waals surface area (Å²) in [5.74, 6) is -0.250. The van der Waals surface area contributed by atoms with Crippen LogP contribution in [-0.4, -0.2) is 15.7 Å². The molecule has 0 spiro atoms. The van der Waals surface area contributed by atoms with E-state index in [1.807, 2.05) is 6.07 Å². The van der Waals surface area contributed by atoms with E-state index in [2.05, 4.69) is 26.6 Å². The Morgan fingerprint density at radius 1 is 1.18 bits per heavy atom. The van der Waals surface area contributed by atoms with Crippen molar-refractivity contribution >= 4 is 32.4 Å². The lowest BCUT2D eigenvalue weighted by molar-refractivity contribution is 0.641. The maximum absolute atomic E-state index is 13.7. The largest absolute Gasteiger partial charge is 0.255 e. The van der Waals surface area contributed by atoms with Crippen LogP contribution < -0.4 is 5.43 Å². The molecule has 1 N–H and O–H groups in total. The van der Waals surface area contributed by atoms with Gasteiger partial charge in [-0.25, -0.2) is 9.37 Å². The van der Waals surface area contributed by atoms with E-state index >= 15 is 0 Å². The number of aromatic nitrogens is 2. The van der Waals surface area contributed by atoms with Crippen LogP contribution >= 0.6 is 11.3 Å². The molecule has 0 amide bonds. The zero-order valence-corrected chi connectivity index (χ0v) is 12.5. The Bertz CT molecular complexity index is 871. The number of fused-ring (bicyclic) bond motifs is 2. The molecule has 1 aromatic carbocycles. The van der Waals surface area contributed by atoms with Crippen molar-refractivity contribution < 1.29 is 4.39 Å². The highest BCUT2D eigenvalue weighted by Crippen LogP contribution is 2.28. The lowest BCUT2D eigenvalue weighted by Gasteiger charge is -2.15. The molecule has 0 saturated heterocycles. The summed E-state index contributed by atoms with van der Waals surface area (Å²) in [6.07, 6.45) is 4.77. The van der Waals surface area contributed by atoms with Gasteiger partial charge >= 0.3 is 0 Å². The number of hydrazone groups is 1. The third-order valence-corrected chi connectivity index (χ3v) is 4.66. The van der Waals surface area contributed by atoms with Crippen LogP contribution in [0.4, 0.5) is 9.52 Å². The van der Waals surface area contributed by atoms with E-state index in [1.54, 1.807) is 18.3 Å². The molecule has 0 radical (unpaired) electrons. The Balaban J connectivity index is 1.65. The third kappa shape index (κ3) is 2.35. The van der Waals surface area contributed by atoms with Crippen LogP contribution in [0.5, 0.6) is 0 Å². The lowest BCUT2D eigenvalue weighted by Crippen LogP contribution is -2.15. The first-order chi connectivity index (χ1) is 10.8. The first-order valence-corrected chi connectivity index (χ1v) is 7.95. The van der Waals surface area contributed by atoms with E-state index in [0.717, 1.165) is 30.7 Å². The number of nitrogens with one attached hydrogen (secondary N) is 1. The van der Waals surface area contributed by atoms with Crippen molar-refractivity contribution in [1.29, 1.82) is 0 Å². The number of nitrogens with zero attached hydrogens (tertiary/aromatic N) is 3. The Kier molecular flexibility index (Phi) is 3.31. The van der Waals surface area contributed by atoms with Crippen molar-refractivity contribution in [3.05, 3.63) is 53.6 Å². The molecular weight excluding hydrogens is 299 g/mol. The van der Waals surface area contributed by atoms with Crippen LogP contribution in [-0.2, 0) is 6.42 Å². The van der Waals surface area contributed by atoms with Gasteiger partial charge in [-0.15, -0.1) is 0 Å². The van der Waals surface area contributed by atoms with Crippen LogP contribution in [0.25, 0.3) is 10.2 Å². The number of pyridine rings is 1. The third-order valence-electron chi connectivity index (χ3n) is 3.68. The van der Waals surface area contributed by atoms with Crippen LogP contribution in [0, 0.1) is 5.82 Å². The fraction of sp³-hybridized carbons (Fsp3) is 0.188. The molecule has 6 heteroatoms. The molecule has 0 saturated carbocycles. The summed E-state index contributed by atoms with van der Waals surface area (Å²) < 4.78 is 14.2. The second-order valence-electron chi connectivity index (χ2n) is 5.14. The van der Waals surface area contributed by atoms with E-state index in [4.69, 9.17) is 0 Å². The summed E-state index contributed by atoms with van der Waals surface area (Å²) in [7, 11) is 0. The molecule has 22 heavy (non-hydrogen) atoms. The molecule has 2 aromatic heterocycles. The molecule has 4 nitrogen and oxygen atoms in total. The second-order valence-corrected chi connectivity index (χ2v) is 6.14. The predicted octanol–water partition coefficient (Wildman–Crippen LogP) is 3.98. The molecule has 2 heterocycles. The number of hydrogen-bond acceptors (Lipinski definition) is 5. The van der Waals surface area contributed by atoms with E-state index in [0.29, 0.717) is 15.3 Å². The summed E-state index contributed by atoms with van der Waals surface area (Å²) in [5.41, 5.74) is 6.72. The maximum atomic E-state index is 13.7. The molecule has 3 aromatic rings. The van der Waals surface area contributed by atoms with Gasteiger partial charge in [-0.2, -0.15) is 5.10 Å². The second kappa shape index (κ2) is 5.46. The standard InChI is InChI=1S/C16H13FN4S/c17-11-6-2-8-13-15(11)22-16(19-13)21-20-12-7-1-4-10-5-3-9-18-14(10)12/h2-3,5-6,8-9H,1,4,7H2,(H,19,21)/b20-12+. The van der Waals surface area contributed by atoms with Crippen molar-refractivity contribution in [2.24, 2.45) is 5.10 Å². The smallest absolute Gasteiger partial charge is 0.204 e. The summed E-state index contributed by atoms with van der Waals surface area (Å²) >= 11 is 1.27. The molecule has 1 aliphatic rings. The van der Waals surface area contributed by atoms with Crippen LogP contribution in [0.3, 0.4) is 0 Å². The van der Waals surface area contributed by atoms with Gasteiger partial charge in [-0.05, 0) is 43.0 Å². The topological polar surface area (TPSA) is 50.2 Å². The van der Waals surface area contributed by atoms with Gasteiger partial charge in [-0.3, -0.25) is 10.4 Å². The highest BCUT2D eigenvalue weighted by Gasteiger charge is 2.16. The molecule has 0 bridgehead atoms. The highest BCUT2D eigenvalue weighted by molar-refractivity contribution is 7.22. The van der Waals surface area contributed by atoms with Crippen molar-refractivity contribution in [3.63, 3.8) is 0 Å². The number of aryl methyl sites for hydroxylation is 1. The number of hydrogen-bond donors (Lipinski definition) is 1. The highest BCUT2D eigenvalue weighted by atomic mass is 32.1. The van der Waals surface area contributed by atoms with E-state index in [9.17, 15) is 4.39 Å². The minimum absolute atomic E-state index is 0.250. The Morgan fingerprint density at radius 3 is 3.05 bits per heavy atom. The average molecular weight is 312 g/mol. The van der Waals surface area contributed by atoms with Gasteiger partial charge in [0, 0.05) is 6.20 Å². The van der Waals surface area contributed by atoms with Crippen LogP contribution in [0.15, 0.2) is 41.6 Å². The molecule has 0 unspecified atom stereocenters. The van der Waals surface area contributed by atoms with Gasteiger partial charge in [0.1, 0.15) is 5.82 Å². The first-order valence-electron chi connectivity index (χ1n) is 7.13. The minimum Gasteiger partial charge on any atom is -0.255 e. The fourth-order valence-electron chi connectivity index (χ4n) is 2.65. The number of halogens is 1. The monoisotopic (exact) mass is 312 g/mol. The summed E-state index contributed by atoms with van der Waals surface area (Å²) in [5, 5.41) is 5.04. The van der Waals surface area contributed by atoms with Crippen molar-refractivity contribution in [1.82, 2.24) is 9.97 Å². The number of rotatable bonds is 2. The Labute approximate surface area is 130 Å². The maximum Gasteiger partial charge on any atom is 0.204 e. The first kappa shape index (κ1) is 13.3. The van der Waals surface area contributed by atoms with E-state index in [-0.39, 0.29) is 5.82 Å². The fourth-order valence-corrected chi connectivity index (χ4v) is 3.46. The van der Waals surface area contributed by atoms with Gasteiger partial charge < -0.3 is 0 Å². The molecule has 0 atom stereocenters. The molecule has 4 rings (SSSR count). The number of anilines is 1. The summed E-state index contributed by atoms with van der Waals surface area (Å²) in [6.45, 7) is 0. The van der Waals surface area contributed by atoms with Gasteiger partial charge in [0.2, 0.25) is 5.13 Å². The molecular formula is C16H13FN4S. The van der Waals surface area contributed by atoms with Crippen LogP contribution in [0.1, 0.15) is 24.1 Å². The quantitative estimate of drug-likeness (QED) is 0.728. The van der Waals surface area contributed by atoms with Gasteiger partial charge in [0.05, 0.1) is 21.6 Å². The zero-order valence-electron chi connectivity index (χ0n) is 11.7. The van der Waals surface area contributed by atoms with E-state index in [1.165, 1.54) is 23.0 Å². The van der Waals surface area contributed by atoms with Gasteiger partial charge in [0.15, 0.2) is 0 Å². The van der Waals surface area contributed by atoms with Gasteiger partial charge in [0.25, 0.3) is 0 Å². The Morgan fingerprint density at radius 2 is 2.14 bits per heavy atom. The molecule has 0 aliphatic heterocycles. The predicted molar refractivity (Wildman–Crippen MR) is 86.9 cm³/mol. The Hall–Kier alpha value is -2.34. The van der Waals surface area contributed by atoms with Crippen LogP contribution in [0.2, 0.25) is 0 Å².